The van der Waals surface area contributed by atoms with Gasteiger partial charge in [-0.3, -0.25) is 0 Å². The van der Waals surface area contributed by atoms with Crippen molar-refractivity contribution in [3.63, 3.8) is 0 Å². The van der Waals surface area contributed by atoms with Crippen LogP contribution >= 0.6 is 0 Å². The van der Waals surface area contributed by atoms with Crippen molar-refractivity contribution in [1.82, 2.24) is 0 Å². The second kappa shape index (κ2) is 3.26. The quantitative estimate of drug-likeness (QED) is 0.730. The fourth-order valence-corrected chi connectivity index (χ4v) is 3.36. The van der Waals surface area contributed by atoms with E-state index in [-0.39, 0.29) is 0 Å². The first-order valence-electron chi connectivity index (χ1n) is 6.44. The number of hydrogen-bond donors (Lipinski definition) is 1. The molecule has 88 valence electrons. The number of hydrogen-bond acceptors (Lipinski definition) is 1. The summed E-state index contributed by atoms with van der Waals surface area (Å²) in [6, 6.07) is 4.50. The van der Waals surface area contributed by atoms with Gasteiger partial charge in [0.05, 0.1) is 0 Å². The maximum atomic E-state index is 6.15. The monoisotopic (exact) mass is 233 g/mol. The molecule has 4 rings (SSSR count). The van der Waals surface area contributed by atoms with Crippen LogP contribution < -0.4 is 5.73 Å². The highest BCUT2D eigenvalue weighted by Gasteiger charge is 2.32. The summed E-state index contributed by atoms with van der Waals surface area (Å²) in [7, 11) is 0. The Hall–Kier alpha value is -2.02. The van der Waals surface area contributed by atoms with E-state index in [0.29, 0.717) is 5.92 Å². The summed E-state index contributed by atoms with van der Waals surface area (Å²) < 4.78 is 0. The zero-order valence-electron chi connectivity index (χ0n) is 10.4. The van der Waals surface area contributed by atoms with Gasteiger partial charge in [-0.25, -0.2) is 0 Å². The molecule has 1 heteroatoms. The van der Waals surface area contributed by atoms with Gasteiger partial charge < -0.3 is 5.73 Å². The Kier molecular flexibility index (Phi) is 1.80. The van der Waals surface area contributed by atoms with Crippen LogP contribution in [0.2, 0.25) is 0 Å². The molecule has 0 spiro atoms. The fourth-order valence-electron chi connectivity index (χ4n) is 3.36. The van der Waals surface area contributed by atoms with E-state index in [1.54, 1.807) is 0 Å². The van der Waals surface area contributed by atoms with E-state index in [9.17, 15) is 0 Å². The van der Waals surface area contributed by atoms with E-state index in [1.807, 2.05) is 6.08 Å². The molecule has 1 aromatic carbocycles. The number of aryl methyl sites for hydroxylation is 1. The zero-order valence-corrected chi connectivity index (χ0v) is 10.4. The molecule has 0 heterocycles. The fraction of sp³-hybridized carbons (Fsp3) is 0.176. The number of benzene rings is 1. The van der Waals surface area contributed by atoms with Crippen molar-refractivity contribution in [3.05, 3.63) is 75.5 Å². The minimum Gasteiger partial charge on any atom is -0.398 e. The summed E-state index contributed by atoms with van der Waals surface area (Å²) in [5.74, 6) is 0.374. The maximum absolute atomic E-state index is 6.15. The van der Waals surface area contributed by atoms with E-state index in [2.05, 4.69) is 43.4 Å². The van der Waals surface area contributed by atoms with Gasteiger partial charge >= 0.3 is 0 Å². The summed E-state index contributed by atoms with van der Waals surface area (Å²) >= 11 is 0. The van der Waals surface area contributed by atoms with Crippen LogP contribution in [0.25, 0.3) is 6.08 Å². The first kappa shape index (κ1) is 9.95. The molecule has 18 heavy (non-hydrogen) atoms. The third-order valence-electron chi connectivity index (χ3n) is 4.30. The molecule has 3 aliphatic rings. The molecule has 0 amide bonds. The minimum absolute atomic E-state index is 0.374. The average molecular weight is 233 g/mol. The van der Waals surface area contributed by atoms with Crippen molar-refractivity contribution < 1.29 is 0 Å². The van der Waals surface area contributed by atoms with Crippen LogP contribution in [0.4, 0.5) is 0 Å². The molecule has 0 bridgehead atoms. The first-order chi connectivity index (χ1) is 8.75. The Balaban J connectivity index is 2.08. The van der Waals surface area contributed by atoms with Crippen LogP contribution in [0.15, 0.2) is 53.3 Å². The molecular formula is C17H15N. The highest BCUT2D eigenvalue weighted by molar-refractivity contribution is 5.74. The maximum Gasteiger partial charge on any atom is 0.0366 e. The molecule has 1 aromatic rings. The summed E-state index contributed by atoms with van der Waals surface area (Å²) in [4.78, 5) is 0. The third-order valence-corrected chi connectivity index (χ3v) is 4.30. The second-order valence-electron chi connectivity index (χ2n) is 5.29. The zero-order chi connectivity index (χ0) is 12.3. The van der Waals surface area contributed by atoms with Crippen molar-refractivity contribution in [2.75, 3.05) is 0 Å². The third kappa shape index (κ3) is 1.11. The van der Waals surface area contributed by atoms with Gasteiger partial charge in [0, 0.05) is 11.6 Å². The van der Waals surface area contributed by atoms with Crippen LogP contribution in [-0.2, 0) is 6.42 Å². The molecule has 1 atom stereocenters. The van der Waals surface area contributed by atoms with Crippen molar-refractivity contribution in [2.45, 2.75) is 19.3 Å². The molecule has 0 saturated heterocycles. The highest BCUT2D eigenvalue weighted by atomic mass is 14.6. The Labute approximate surface area is 107 Å². The van der Waals surface area contributed by atoms with Crippen LogP contribution in [0.3, 0.4) is 0 Å². The summed E-state index contributed by atoms with van der Waals surface area (Å²) in [6.07, 6.45) is 12.0. The van der Waals surface area contributed by atoms with Gasteiger partial charge in [-0.15, -0.1) is 0 Å². The van der Waals surface area contributed by atoms with Crippen LogP contribution in [0.1, 0.15) is 28.2 Å². The molecular weight excluding hydrogens is 218 g/mol. The molecule has 2 N–H and O–H groups in total. The molecule has 0 fully saturated rings. The SMILES string of the molecule is Cc1ccc2c3c1C=CC1=CC=C(N)C(=CC2)C13. The van der Waals surface area contributed by atoms with Crippen molar-refractivity contribution >= 4 is 6.08 Å². The highest BCUT2D eigenvalue weighted by Crippen LogP contribution is 2.47. The van der Waals surface area contributed by atoms with E-state index < -0.39 is 0 Å². The standard InChI is InChI=1S/C17H15N/c1-10-2-3-11-5-8-14-15(18)9-6-12-4-7-13(10)16(11)17(12)14/h2-4,6-9,17H,5,18H2,1H3. The van der Waals surface area contributed by atoms with Crippen molar-refractivity contribution in [3.8, 4) is 0 Å². The van der Waals surface area contributed by atoms with Gasteiger partial charge in [0.25, 0.3) is 0 Å². The lowest BCUT2D eigenvalue weighted by atomic mass is 9.69. The summed E-state index contributed by atoms with van der Waals surface area (Å²) in [6.45, 7) is 2.19. The van der Waals surface area contributed by atoms with Crippen LogP contribution in [0, 0.1) is 6.92 Å². The molecule has 0 saturated carbocycles. The number of nitrogens with two attached hydrogens (primary N) is 1. The Bertz CT molecular complexity index is 684. The second-order valence-corrected chi connectivity index (χ2v) is 5.29. The van der Waals surface area contributed by atoms with E-state index >= 15 is 0 Å². The van der Waals surface area contributed by atoms with Gasteiger partial charge in [-0.05, 0) is 52.8 Å². The lowest BCUT2D eigenvalue weighted by Gasteiger charge is -2.35. The molecule has 0 aromatic heterocycles. The summed E-state index contributed by atoms with van der Waals surface area (Å²) in [5, 5.41) is 0. The molecule has 0 radical (unpaired) electrons. The molecule has 0 aliphatic heterocycles. The topological polar surface area (TPSA) is 26.0 Å². The number of rotatable bonds is 0. The van der Waals surface area contributed by atoms with Gasteiger partial charge in [0.15, 0.2) is 0 Å². The van der Waals surface area contributed by atoms with Crippen molar-refractivity contribution in [2.24, 2.45) is 5.73 Å². The average Bonchev–Trinajstić information content (AvgIpc) is 2.40. The van der Waals surface area contributed by atoms with Gasteiger partial charge in [-0.1, -0.05) is 36.4 Å². The van der Waals surface area contributed by atoms with Gasteiger partial charge in [-0.2, -0.15) is 0 Å². The predicted octanol–water partition coefficient (Wildman–Crippen LogP) is 3.37. The van der Waals surface area contributed by atoms with Gasteiger partial charge in [0.1, 0.15) is 0 Å². The summed E-state index contributed by atoms with van der Waals surface area (Å²) in [5.41, 5.74) is 15.4. The first-order valence-corrected chi connectivity index (χ1v) is 6.44. The predicted molar refractivity (Wildman–Crippen MR) is 75.1 cm³/mol. The van der Waals surface area contributed by atoms with Crippen molar-refractivity contribution in [1.29, 1.82) is 0 Å². The molecule has 1 unspecified atom stereocenters. The van der Waals surface area contributed by atoms with Crippen LogP contribution in [-0.4, -0.2) is 0 Å². The minimum atomic E-state index is 0.374. The normalized spacial score (nSPS) is 22.9. The van der Waals surface area contributed by atoms with E-state index in [0.717, 1.165) is 12.1 Å². The number of allylic oxidation sites excluding steroid dienone is 6. The van der Waals surface area contributed by atoms with Crippen LogP contribution in [0.5, 0.6) is 0 Å². The van der Waals surface area contributed by atoms with E-state index in [4.69, 9.17) is 5.73 Å². The Morgan fingerprint density at radius 2 is 2.06 bits per heavy atom. The largest absolute Gasteiger partial charge is 0.398 e. The van der Waals surface area contributed by atoms with Gasteiger partial charge in [0.2, 0.25) is 0 Å². The molecule has 3 aliphatic carbocycles. The Morgan fingerprint density at radius 3 is 2.94 bits per heavy atom. The lowest BCUT2D eigenvalue weighted by Crippen LogP contribution is -2.22. The lowest BCUT2D eigenvalue weighted by molar-refractivity contribution is 0.864. The molecule has 1 nitrogen and oxygen atoms in total. The van der Waals surface area contributed by atoms with E-state index in [1.165, 1.54) is 33.4 Å². The smallest absolute Gasteiger partial charge is 0.0366 e. The Morgan fingerprint density at radius 1 is 1.17 bits per heavy atom.